The van der Waals surface area contributed by atoms with Crippen LogP contribution in [0.25, 0.3) is 0 Å². The predicted molar refractivity (Wildman–Crippen MR) is 73.6 cm³/mol. The van der Waals surface area contributed by atoms with Crippen LogP contribution in [0.1, 0.15) is 25.8 Å². The van der Waals surface area contributed by atoms with Gasteiger partial charge in [-0.1, -0.05) is 30.7 Å². The Balaban J connectivity index is 2.46. The Labute approximate surface area is 105 Å². The summed E-state index contributed by atoms with van der Waals surface area (Å²) >= 11 is 0. The van der Waals surface area contributed by atoms with E-state index < -0.39 is 0 Å². The molecule has 0 amide bonds. The molecule has 0 saturated heterocycles. The molecule has 17 heavy (non-hydrogen) atoms. The van der Waals surface area contributed by atoms with Crippen molar-refractivity contribution in [2.24, 2.45) is 0 Å². The molecule has 2 heteroatoms. The molecule has 0 unspecified atom stereocenters. The lowest BCUT2D eigenvalue weighted by atomic mass is 10.1. The van der Waals surface area contributed by atoms with Crippen LogP contribution in [0.3, 0.4) is 0 Å². The van der Waals surface area contributed by atoms with Crippen molar-refractivity contribution in [1.82, 2.24) is 5.32 Å². The van der Waals surface area contributed by atoms with Crippen LogP contribution in [0.5, 0.6) is 5.75 Å². The molecule has 0 aliphatic rings. The van der Waals surface area contributed by atoms with Crippen LogP contribution in [-0.2, 0) is 6.42 Å². The Morgan fingerprint density at radius 3 is 2.94 bits per heavy atom. The van der Waals surface area contributed by atoms with Crippen LogP contribution < -0.4 is 10.1 Å². The van der Waals surface area contributed by atoms with Crippen molar-refractivity contribution in [2.45, 2.75) is 26.7 Å². The molecule has 1 aromatic carbocycles. The molecule has 0 saturated carbocycles. The van der Waals surface area contributed by atoms with Gasteiger partial charge in [0.1, 0.15) is 5.75 Å². The van der Waals surface area contributed by atoms with Gasteiger partial charge in [0.25, 0.3) is 0 Å². The van der Waals surface area contributed by atoms with Crippen molar-refractivity contribution in [3.05, 3.63) is 41.5 Å². The highest BCUT2D eigenvalue weighted by Gasteiger charge is 1.97. The van der Waals surface area contributed by atoms with E-state index in [4.69, 9.17) is 4.74 Å². The molecule has 0 aromatic heterocycles. The highest BCUT2D eigenvalue weighted by molar-refractivity contribution is 5.30. The summed E-state index contributed by atoms with van der Waals surface area (Å²) < 4.78 is 5.22. The molecule has 0 radical (unpaired) electrons. The third-order valence-corrected chi connectivity index (χ3v) is 2.68. The molecule has 0 aliphatic heterocycles. The van der Waals surface area contributed by atoms with E-state index in [9.17, 15) is 0 Å². The van der Waals surface area contributed by atoms with Gasteiger partial charge in [0.2, 0.25) is 0 Å². The standard InChI is InChI=1S/C15H23NO/c1-4-16-10-6-7-13(2)11-14-8-5-9-15(12-14)17-3/h5,7-9,12,16H,4,6,10-11H2,1-3H3. The lowest BCUT2D eigenvalue weighted by Gasteiger charge is -2.05. The van der Waals surface area contributed by atoms with Crippen LogP contribution in [0.15, 0.2) is 35.9 Å². The normalized spacial score (nSPS) is 11.6. The molecule has 0 bridgehead atoms. The number of ether oxygens (including phenoxy) is 1. The largest absolute Gasteiger partial charge is 0.497 e. The molecule has 0 atom stereocenters. The first-order chi connectivity index (χ1) is 8.26. The van der Waals surface area contributed by atoms with Gasteiger partial charge in [-0.15, -0.1) is 0 Å². The Morgan fingerprint density at radius 2 is 2.24 bits per heavy atom. The van der Waals surface area contributed by atoms with Crippen LogP contribution >= 0.6 is 0 Å². The number of benzene rings is 1. The van der Waals surface area contributed by atoms with Crippen LogP contribution in [-0.4, -0.2) is 20.2 Å². The Bertz CT molecular complexity index is 358. The average Bonchev–Trinajstić information content (AvgIpc) is 2.35. The number of rotatable bonds is 7. The summed E-state index contributed by atoms with van der Waals surface area (Å²) in [7, 11) is 1.71. The van der Waals surface area contributed by atoms with Gasteiger partial charge < -0.3 is 10.1 Å². The molecule has 1 rings (SSSR count). The molecule has 0 spiro atoms. The zero-order valence-corrected chi connectivity index (χ0v) is 11.1. The van der Waals surface area contributed by atoms with Gasteiger partial charge in [0.15, 0.2) is 0 Å². The minimum atomic E-state index is 0.933. The number of nitrogens with one attached hydrogen (secondary N) is 1. The summed E-state index contributed by atoms with van der Waals surface area (Å²) in [5.41, 5.74) is 2.72. The highest BCUT2D eigenvalue weighted by atomic mass is 16.5. The SMILES string of the molecule is CCNCCC=C(C)Cc1cccc(OC)c1. The minimum Gasteiger partial charge on any atom is -0.497 e. The molecular formula is C15H23NO. The average molecular weight is 233 g/mol. The van der Waals surface area contributed by atoms with E-state index in [1.54, 1.807) is 7.11 Å². The maximum absolute atomic E-state index is 5.22. The molecule has 94 valence electrons. The summed E-state index contributed by atoms with van der Waals surface area (Å²) in [6.45, 7) is 6.42. The maximum Gasteiger partial charge on any atom is 0.119 e. The quantitative estimate of drug-likeness (QED) is 0.577. The van der Waals surface area contributed by atoms with Gasteiger partial charge in [-0.05, 0) is 50.6 Å². The molecular weight excluding hydrogens is 210 g/mol. The van der Waals surface area contributed by atoms with E-state index in [2.05, 4.69) is 37.4 Å². The molecule has 1 N–H and O–H groups in total. The summed E-state index contributed by atoms with van der Waals surface area (Å²) in [6, 6.07) is 8.26. The maximum atomic E-state index is 5.22. The van der Waals surface area contributed by atoms with Crippen molar-refractivity contribution in [3.8, 4) is 5.75 Å². The van der Waals surface area contributed by atoms with Gasteiger partial charge in [0.05, 0.1) is 7.11 Å². The van der Waals surface area contributed by atoms with Gasteiger partial charge in [-0.3, -0.25) is 0 Å². The monoisotopic (exact) mass is 233 g/mol. The fourth-order valence-electron chi connectivity index (χ4n) is 1.77. The van der Waals surface area contributed by atoms with Gasteiger partial charge >= 0.3 is 0 Å². The van der Waals surface area contributed by atoms with E-state index in [1.165, 1.54) is 11.1 Å². The second-order valence-corrected chi connectivity index (χ2v) is 4.22. The Morgan fingerprint density at radius 1 is 1.41 bits per heavy atom. The number of methoxy groups -OCH3 is 1. The van der Waals surface area contributed by atoms with Crippen LogP contribution in [0.2, 0.25) is 0 Å². The van der Waals surface area contributed by atoms with Gasteiger partial charge in [-0.25, -0.2) is 0 Å². The molecule has 1 aromatic rings. The summed E-state index contributed by atoms with van der Waals surface area (Å²) in [6.07, 6.45) is 4.41. The third-order valence-electron chi connectivity index (χ3n) is 2.68. The highest BCUT2D eigenvalue weighted by Crippen LogP contribution is 2.15. The molecule has 0 fully saturated rings. The van der Waals surface area contributed by atoms with Crippen molar-refractivity contribution in [2.75, 3.05) is 20.2 Å². The fourth-order valence-corrected chi connectivity index (χ4v) is 1.77. The predicted octanol–water partition coefficient (Wildman–Crippen LogP) is 3.18. The van der Waals surface area contributed by atoms with E-state index in [0.29, 0.717) is 0 Å². The van der Waals surface area contributed by atoms with E-state index >= 15 is 0 Å². The fraction of sp³-hybridized carbons (Fsp3) is 0.467. The molecule has 0 heterocycles. The van der Waals surface area contributed by atoms with Crippen molar-refractivity contribution >= 4 is 0 Å². The first-order valence-corrected chi connectivity index (χ1v) is 6.25. The second-order valence-electron chi connectivity index (χ2n) is 4.22. The zero-order chi connectivity index (χ0) is 12.5. The lowest BCUT2D eigenvalue weighted by molar-refractivity contribution is 0.414. The summed E-state index contributed by atoms with van der Waals surface area (Å²) in [4.78, 5) is 0. The lowest BCUT2D eigenvalue weighted by Crippen LogP contribution is -2.13. The van der Waals surface area contributed by atoms with Crippen molar-refractivity contribution in [3.63, 3.8) is 0 Å². The van der Waals surface area contributed by atoms with Crippen molar-refractivity contribution < 1.29 is 4.74 Å². The topological polar surface area (TPSA) is 21.3 Å². The van der Waals surface area contributed by atoms with Gasteiger partial charge in [0, 0.05) is 0 Å². The van der Waals surface area contributed by atoms with E-state index in [-0.39, 0.29) is 0 Å². The number of allylic oxidation sites excluding steroid dienone is 1. The van der Waals surface area contributed by atoms with Crippen molar-refractivity contribution in [1.29, 1.82) is 0 Å². The van der Waals surface area contributed by atoms with Crippen LogP contribution in [0.4, 0.5) is 0 Å². The first kappa shape index (κ1) is 13.8. The van der Waals surface area contributed by atoms with Gasteiger partial charge in [-0.2, -0.15) is 0 Å². The summed E-state index contributed by atoms with van der Waals surface area (Å²) in [5, 5.41) is 3.32. The second kappa shape index (κ2) is 7.91. The Kier molecular flexibility index (Phi) is 6.41. The van der Waals surface area contributed by atoms with E-state index in [0.717, 1.165) is 31.7 Å². The minimum absolute atomic E-state index is 0.933. The smallest absolute Gasteiger partial charge is 0.119 e. The molecule has 0 aliphatic carbocycles. The Hall–Kier alpha value is -1.28. The molecule has 2 nitrogen and oxygen atoms in total. The number of hydrogen-bond donors (Lipinski definition) is 1. The zero-order valence-electron chi connectivity index (χ0n) is 11.1. The third kappa shape index (κ3) is 5.55. The number of hydrogen-bond acceptors (Lipinski definition) is 2. The van der Waals surface area contributed by atoms with E-state index in [1.807, 2.05) is 12.1 Å². The first-order valence-electron chi connectivity index (χ1n) is 6.25. The summed E-state index contributed by atoms with van der Waals surface area (Å²) in [5.74, 6) is 0.933. The van der Waals surface area contributed by atoms with Crippen LogP contribution in [0, 0.1) is 0 Å².